The smallest absolute Gasteiger partial charge is 0.277 e. The highest BCUT2D eigenvalue weighted by Gasteiger charge is 2.04. The van der Waals surface area contributed by atoms with Crippen molar-refractivity contribution in [2.24, 2.45) is 5.10 Å². The molecule has 1 amide bonds. The first-order valence-corrected chi connectivity index (χ1v) is 10.9. The molecule has 0 aliphatic rings. The quantitative estimate of drug-likeness (QED) is 0.240. The summed E-state index contributed by atoms with van der Waals surface area (Å²) < 4.78 is 11.3. The van der Waals surface area contributed by atoms with Crippen molar-refractivity contribution in [3.05, 3.63) is 106 Å². The van der Waals surface area contributed by atoms with Gasteiger partial charge in [0.15, 0.2) is 6.61 Å². The molecule has 4 aromatic carbocycles. The molecule has 0 aliphatic carbocycles. The number of benzene rings is 4. The molecule has 166 valence electrons. The number of hydrogen-bond donors (Lipinski definition) is 1. The van der Waals surface area contributed by atoms with Gasteiger partial charge in [0, 0.05) is 15.6 Å². The maximum Gasteiger partial charge on any atom is 0.277 e. The fourth-order valence-electron chi connectivity index (χ4n) is 3.07. The van der Waals surface area contributed by atoms with Gasteiger partial charge in [-0.15, -0.1) is 0 Å². The first-order valence-electron chi connectivity index (χ1n) is 10.2. The van der Waals surface area contributed by atoms with Crippen LogP contribution in [0.2, 0.25) is 10.0 Å². The van der Waals surface area contributed by atoms with Crippen LogP contribution < -0.4 is 14.9 Å². The Labute approximate surface area is 201 Å². The van der Waals surface area contributed by atoms with Crippen LogP contribution in [-0.4, -0.2) is 18.7 Å². The summed E-state index contributed by atoms with van der Waals surface area (Å²) in [7, 11) is 0. The van der Waals surface area contributed by atoms with E-state index in [0.717, 1.165) is 21.9 Å². The summed E-state index contributed by atoms with van der Waals surface area (Å²) in [6.07, 6.45) is 1.55. The molecule has 33 heavy (non-hydrogen) atoms. The van der Waals surface area contributed by atoms with E-state index in [1.807, 2.05) is 72.8 Å². The van der Waals surface area contributed by atoms with Gasteiger partial charge in [-0.05, 0) is 64.9 Å². The van der Waals surface area contributed by atoms with E-state index in [9.17, 15) is 4.79 Å². The van der Waals surface area contributed by atoms with Crippen molar-refractivity contribution in [2.45, 2.75) is 6.61 Å². The molecular formula is C26H20Cl2N2O3. The topological polar surface area (TPSA) is 59.9 Å². The highest BCUT2D eigenvalue weighted by Crippen LogP contribution is 2.23. The lowest BCUT2D eigenvalue weighted by molar-refractivity contribution is -0.123. The number of carbonyl (C=O) groups is 1. The maximum atomic E-state index is 12.0. The van der Waals surface area contributed by atoms with Gasteiger partial charge in [0.25, 0.3) is 5.91 Å². The molecule has 0 radical (unpaired) electrons. The van der Waals surface area contributed by atoms with Crippen molar-refractivity contribution in [1.82, 2.24) is 5.43 Å². The van der Waals surface area contributed by atoms with Crippen LogP contribution in [0.1, 0.15) is 11.1 Å². The van der Waals surface area contributed by atoms with Crippen LogP contribution >= 0.6 is 23.2 Å². The fourth-order valence-corrected chi connectivity index (χ4v) is 3.53. The number of ether oxygens (including phenoxy) is 2. The Hall–Kier alpha value is -3.54. The average Bonchev–Trinajstić information content (AvgIpc) is 2.83. The van der Waals surface area contributed by atoms with E-state index in [2.05, 4.69) is 10.5 Å². The summed E-state index contributed by atoms with van der Waals surface area (Å²) in [5, 5.41) is 7.28. The summed E-state index contributed by atoms with van der Waals surface area (Å²) in [5.74, 6) is 0.966. The molecule has 4 aromatic rings. The van der Waals surface area contributed by atoms with Gasteiger partial charge in [0.1, 0.15) is 18.1 Å². The van der Waals surface area contributed by atoms with Gasteiger partial charge in [0.05, 0.1) is 6.21 Å². The number of carbonyl (C=O) groups excluding carboxylic acids is 1. The SMILES string of the molecule is O=C(COc1ccc2ccccc2c1)N/N=C\c1ccc(OCc2ccc(Cl)cc2Cl)cc1. The standard InChI is InChI=1S/C26H20Cl2N2O3/c27-22-9-7-21(25(28)14-22)16-32-23-10-5-18(6-11-23)15-29-30-26(31)17-33-24-12-8-19-3-1-2-4-20(19)13-24/h1-15H,16-17H2,(H,30,31)/b29-15-. The Morgan fingerprint density at radius 3 is 2.39 bits per heavy atom. The lowest BCUT2D eigenvalue weighted by Crippen LogP contribution is -2.24. The zero-order valence-electron chi connectivity index (χ0n) is 17.5. The summed E-state index contributed by atoms with van der Waals surface area (Å²) in [4.78, 5) is 12.0. The Morgan fingerprint density at radius 2 is 1.61 bits per heavy atom. The van der Waals surface area contributed by atoms with Gasteiger partial charge >= 0.3 is 0 Å². The van der Waals surface area contributed by atoms with Gasteiger partial charge in [-0.25, -0.2) is 5.43 Å². The number of amides is 1. The van der Waals surface area contributed by atoms with Crippen molar-refractivity contribution in [3.8, 4) is 11.5 Å². The number of rotatable bonds is 8. The molecule has 0 bridgehead atoms. The second kappa shape index (κ2) is 10.9. The minimum Gasteiger partial charge on any atom is -0.489 e. The number of nitrogens with zero attached hydrogens (tertiary/aromatic N) is 1. The Bertz CT molecular complexity index is 1290. The molecule has 0 atom stereocenters. The molecular weight excluding hydrogens is 459 g/mol. The third kappa shape index (κ3) is 6.48. The predicted octanol–water partition coefficient (Wildman–Crippen LogP) is 6.25. The Kier molecular flexibility index (Phi) is 7.45. The highest BCUT2D eigenvalue weighted by atomic mass is 35.5. The second-order valence-corrected chi connectivity index (χ2v) is 8.03. The molecule has 7 heteroatoms. The van der Waals surface area contributed by atoms with E-state index in [4.69, 9.17) is 32.7 Å². The zero-order chi connectivity index (χ0) is 23.0. The molecule has 0 fully saturated rings. The maximum absolute atomic E-state index is 12.0. The molecule has 0 aromatic heterocycles. The minimum atomic E-state index is -0.348. The lowest BCUT2D eigenvalue weighted by Gasteiger charge is -2.08. The predicted molar refractivity (Wildman–Crippen MR) is 132 cm³/mol. The van der Waals surface area contributed by atoms with E-state index in [0.29, 0.717) is 28.2 Å². The third-order valence-corrected chi connectivity index (χ3v) is 5.37. The number of nitrogens with one attached hydrogen (secondary N) is 1. The largest absolute Gasteiger partial charge is 0.489 e. The van der Waals surface area contributed by atoms with Crippen LogP contribution in [0.15, 0.2) is 90.0 Å². The highest BCUT2D eigenvalue weighted by molar-refractivity contribution is 6.35. The van der Waals surface area contributed by atoms with Crippen molar-refractivity contribution in [3.63, 3.8) is 0 Å². The second-order valence-electron chi connectivity index (χ2n) is 7.18. The van der Waals surface area contributed by atoms with Gasteiger partial charge in [0.2, 0.25) is 0 Å². The summed E-state index contributed by atoms with van der Waals surface area (Å²) >= 11 is 12.1. The van der Waals surface area contributed by atoms with Crippen molar-refractivity contribution in [1.29, 1.82) is 0 Å². The van der Waals surface area contributed by atoms with Crippen LogP contribution in [0.3, 0.4) is 0 Å². The molecule has 0 aliphatic heterocycles. The zero-order valence-corrected chi connectivity index (χ0v) is 19.0. The van der Waals surface area contributed by atoms with Crippen LogP contribution in [0.25, 0.3) is 10.8 Å². The molecule has 0 unspecified atom stereocenters. The summed E-state index contributed by atoms with van der Waals surface area (Å²) in [6, 6.07) is 26.2. The van der Waals surface area contributed by atoms with Gasteiger partial charge in [-0.1, -0.05) is 59.6 Å². The van der Waals surface area contributed by atoms with Crippen LogP contribution in [-0.2, 0) is 11.4 Å². The van der Waals surface area contributed by atoms with Crippen LogP contribution in [0.4, 0.5) is 0 Å². The van der Waals surface area contributed by atoms with Crippen molar-refractivity contribution in [2.75, 3.05) is 6.61 Å². The molecule has 4 rings (SSSR count). The first kappa shape index (κ1) is 22.6. The van der Waals surface area contributed by atoms with Crippen LogP contribution in [0, 0.1) is 0 Å². The molecule has 0 spiro atoms. The summed E-state index contributed by atoms with van der Waals surface area (Å²) in [5.41, 5.74) is 4.11. The van der Waals surface area contributed by atoms with E-state index < -0.39 is 0 Å². The molecule has 0 saturated heterocycles. The number of halogens is 2. The average molecular weight is 479 g/mol. The van der Waals surface area contributed by atoms with Gasteiger partial charge in [-0.2, -0.15) is 5.10 Å². The molecule has 0 saturated carbocycles. The first-order chi connectivity index (χ1) is 16.1. The fraction of sp³-hybridized carbons (Fsp3) is 0.0769. The Balaban J connectivity index is 1.23. The van der Waals surface area contributed by atoms with E-state index in [1.54, 1.807) is 18.3 Å². The molecule has 1 N–H and O–H groups in total. The monoisotopic (exact) mass is 478 g/mol. The van der Waals surface area contributed by atoms with Gasteiger partial charge < -0.3 is 9.47 Å². The van der Waals surface area contributed by atoms with Crippen molar-refractivity contribution < 1.29 is 14.3 Å². The number of hydrazone groups is 1. The van der Waals surface area contributed by atoms with Crippen molar-refractivity contribution >= 4 is 46.1 Å². The van der Waals surface area contributed by atoms with Gasteiger partial charge in [-0.3, -0.25) is 4.79 Å². The Morgan fingerprint density at radius 1 is 0.848 bits per heavy atom. The number of fused-ring (bicyclic) bond motifs is 1. The minimum absolute atomic E-state index is 0.129. The molecule has 5 nitrogen and oxygen atoms in total. The van der Waals surface area contributed by atoms with E-state index >= 15 is 0 Å². The van der Waals surface area contributed by atoms with E-state index in [1.165, 1.54) is 0 Å². The lowest BCUT2D eigenvalue weighted by atomic mass is 10.1. The molecule has 0 heterocycles. The van der Waals surface area contributed by atoms with Crippen LogP contribution in [0.5, 0.6) is 11.5 Å². The summed E-state index contributed by atoms with van der Waals surface area (Å²) in [6.45, 7) is 0.201. The normalized spacial score (nSPS) is 11.0. The number of hydrogen-bond acceptors (Lipinski definition) is 4. The third-order valence-electron chi connectivity index (χ3n) is 4.78. The van der Waals surface area contributed by atoms with E-state index in [-0.39, 0.29) is 12.5 Å².